The Balaban J connectivity index is 1.93. The normalized spacial score (nSPS) is 20.5. The van der Waals surface area contributed by atoms with E-state index in [4.69, 9.17) is 0 Å². The number of hydrogen-bond donors (Lipinski definition) is 2. The molecule has 0 saturated heterocycles. The van der Waals surface area contributed by atoms with E-state index in [2.05, 4.69) is 15.4 Å². The first-order valence-electron chi connectivity index (χ1n) is 7.25. The number of alkyl halides is 3. The maximum atomic E-state index is 12.4. The Bertz CT molecular complexity index is 520. The SMILES string of the molecule is CCNCCNC(=O)C1CC1c1ccccc1OC(F)(F)F. The Hall–Kier alpha value is -1.76. The molecule has 1 aliphatic carbocycles. The molecular formula is C15H19F3N2O2. The number of benzene rings is 1. The number of carbonyl (C=O) groups is 1. The van der Waals surface area contributed by atoms with E-state index in [0.29, 0.717) is 25.1 Å². The van der Waals surface area contributed by atoms with Crippen LogP contribution in [0.3, 0.4) is 0 Å². The van der Waals surface area contributed by atoms with Crippen molar-refractivity contribution >= 4 is 5.91 Å². The third-order valence-corrected chi connectivity index (χ3v) is 3.52. The van der Waals surface area contributed by atoms with Crippen LogP contribution >= 0.6 is 0 Å². The summed E-state index contributed by atoms with van der Waals surface area (Å²) in [6.07, 6.45) is -4.18. The molecule has 0 spiro atoms. The van der Waals surface area contributed by atoms with Gasteiger partial charge in [-0.3, -0.25) is 4.79 Å². The van der Waals surface area contributed by atoms with Crippen LogP contribution in [-0.4, -0.2) is 31.9 Å². The summed E-state index contributed by atoms with van der Waals surface area (Å²) in [6, 6.07) is 5.99. The van der Waals surface area contributed by atoms with Gasteiger partial charge in [0.2, 0.25) is 5.91 Å². The van der Waals surface area contributed by atoms with E-state index in [1.54, 1.807) is 12.1 Å². The van der Waals surface area contributed by atoms with Gasteiger partial charge < -0.3 is 15.4 Å². The number of carbonyl (C=O) groups excluding carboxylic acids is 1. The number of ether oxygens (including phenoxy) is 1. The summed E-state index contributed by atoms with van der Waals surface area (Å²) in [5, 5.41) is 5.86. The molecular weight excluding hydrogens is 297 g/mol. The van der Waals surface area contributed by atoms with Crippen LogP contribution < -0.4 is 15.4 Å². The fourth-order valence-electron chi connectivity index (χ4n) is 2.41. The predicted molar refractivity (Wildman–Crippen MR) is 75.5 cm³/mol. The van der Waals surface area contributed by atoms with Crippen LogP contribution in [0.5, 0.6) is 5.75 Å². The molecule has 1 aromatic carbocycles. The molecule has 2 atom stereocenters. The number of hydrogen-bond acceptors (Lipinski definition) is 3. The van der Waals surface area contributed by atoms with Crippen molar-refractivity contribution in [3.8, 4) is 5.75 Å². The summed E-state index contributed by atoms with van der Waals surface area (Å²) in [4.78, 5) is 11.9. The topological polar surface area (TPSA) is 50.4 Å². The summed E-state index contributed by atoms with van der Waals surface area (Å²) in [6.45, 7) is 3.98. The van der Waals surface area contributed by atoms with Crippen LogP contribution in [0.1, 0.15) is 24.8 Å². The number of para-hydroxylation sites is 1. The van der Waals surface area contributed by atoms with Crippen molar-refractivity contribution in [1.82, 2.24) is 10.6 Å². The molecule has 1 aliphatic rings. The molecule has 1 fully saturated rings. The molecule has 7 heteroatoms. The van der Waals surface area contributed by atoms with Crippen molar-refractivity contribution in [2.24, 2.45) is 5.92 Å². The zero-order chi connectivity index (χ0) is 16.2. The van der Waals surface area contributed by atoms with Gasteiger partial charge in [-0.2, -0.15) is 0 Å². The van der Waals surface area contributed by atoms with Gasteiger partial charge in [0, 0.05) is 19.0 Å². The van der Waals surface area contributed by atoms with Gasteiger partial charge in [0.15, 0.2) is 0 Å². The van der Waals surface area contributed by atoms with Crippen LogP contribution in [0.15, 0.2) is 24.3 Å². The third kappa shape index (κ3) is 4.62. The highest BCUT2D eigenvalue weighted by Crippen LogP contribution is 2.50. The predicted octanol–water partition coefficient (Wildman–Crippen LogP) is 2.41. The number of likely N-dealkylation sites (N-methyl/N-ethyl adjacent to an activating group) is 1. The van der Waals surface area contributed by atoms with E-state index in [-0.39, 0.29) is 23.5 Å². The maximum Gasteiger partial charge on any atom is 0.573 e. The largest absolute Gasteiger partial charge is 0.573 e. The monoisotopic (exact) mass is 316 g/mol. The van der Waals surface area contributed by atoms with E-state index in [9.17, 15) is 18.0 Å². The molecule has 0 aromatic heterocycles. The van der Waals surface area contributed by atoms with Gasteiger partial charge >= 0.3 is 6.36 Å². The summed E-state index contributed by atoms with van der Waals surface area (Å²) in [5.41, 5.74) is 0.437. The third-order valence-electron chi connectivity index (χ3n) is 3.52. The molecule has 0 heterocycles. The number of halogens is 3. The standard InChI is InChI=1S/C15H19F3N2O2/c1-2-19-7-8-20-14(21)12-9-11(12)10-5-3-4-6-13(10)22-15(16,17)18/h3-6,11-12,19H,2,7-9H2,1H3,(H,20,21). The number of amides is 1. The average molecular weight is 316 g/mol. The van der Waals surface area contributed by atoms with Gasteiger partial charge in [0.1, 0.15) is 5.75 Å². The zero-order valence-corrected chi connectivity index (χ0v) is 12.2. The lowest BCUT2D eigenvalue weighted by Gasteiger charge is -2.13. The van der Waals surface area contributed by atoms with Gasteiger partial charge in [-0.1, -0.05) is 25.1 Å². The highest BCUT2D eigenvalue weighted by atomic mass is 19.4. The second-order valence-corrected chi connectivity index (χ2v) is 5.18. The van der Waals surface area contributed by atoms with Crippen LogP contribution in [0.25, 0.3) is 0 Å². The lowest BCUT2D eigenvalue weighted by atomic mass is 10.1. The van der Waals surface area contributed by atoms with E-state index in [1.165, 1.54) is 12.1 Å². The van der Waals surface area contributed by atoms with Gasteiger partial charge in [0.25, 0.3) is 0 Å². The summed E-state index contributed by atoms with van der Waals surface area (Å²) < 4.78 is 41.2. The second-order valence-electron chi connectivity index (χ2n) is 5.18. The molecule has 2 N–H and O–H groups in total. The van der Waals surface area contributed by atoms with E-state index in [0.717, 1.165) is 6.54 Å². The molecule has 4 nitrogen and oxygen atoms in total. The highest BCUT2D eigenvalue weighted by Gasteiger charge is 2.46. The second kappa shape index (κ2) is 7.00. The number of nitrogens with one attached hydrogen (secondary N) is 2. The fraction of sp³-hybridized carbons (Fsp3) is 0.533. The Kier molecular flexibility index (Phi) is 5.28. The zero-order valence-electron chi connectivity index (χ0n) is 12.2. The molecule has 1 amide bonds. The first-order valence-corrected chi connectivity index (χ1v) is 7.25. The molecule has 22 heavy (non-hydrogen) atoms. The van der Waals surface area contributed by atoms with Crippen LogP contribution in [0.2, 0.25) is 0 Å². The minimum Gasteiger partial charge on any atom is -0.405 e. The van der Waals surface area contributed by atoms with Crippen molar-refractivity contribution in [2.75, 3.05) is 19.6 Å². The first kappa shape index (κ1) is 16.6. The molecule has 1 saturated carbocycles. The van der Waals surface area contributed by atoms with Crippen LogP contribution in [0, 0.1) is 5.92 Å². The molecule has 0 bridgehead atoms. The Morgan fingerprint density at radius 1 is 1.32 bits per heavy atom. The lowest BCUT2D eigenvalue weighted by Crippen LogP contribution is -2.32. The van der Waals surface area contributed by atoms with Crippen LogP contribution in [-0.2, 0) is 4.79 Å². The van der Waals surface area contributed by atoms with Crippen molar-refractivity contribution in [2.45, 2.75) is 25.6 Å². The Morgan fingerprint density at radius 2 is 2.05 bits per heavy atom. The smallest absolute Gasteiger partial charge is 0.405 e. The minimum atomic E-state index is -4.73. The summed E-state index contributed by atoms with van der Waals surface area (Å²) >= 11 is 0. The molecule has 0 radical (unpaired) electrons. The van der Waals surface area contributed by atoms with E-state index < -0.39 is 6.36 Å². The van der Waals surface area contributed by atoms with Crippen molar-refractivity contribution in [3.63, 3.8) is 0 Å². The van der Waals surface area contributed by atoms with Gasteiger partial charge in [-0.05, 0) is 30.5 Å². The molecule has 2 unspecified atom stereocenters. The molecule has 2 rings (SSSR count). The maximum absolute atomic E-state index is 12.4. The first-order chi connectivity index (χ1) is 10.4. The summed E-state index contributed by atoms with van der Waals surface area (Å²) in [7, 11) is 0. The van der Waals surface area contributed by atoms with Gasteiger partial charge in [-0.25, -0.2) is 0 Å². The van der Waals surface area contributed by atoms with Gasteiger partial charge in [-0.15, -0.1) is 13.2 Å². The van der Waals surface area contributed by atoms with E-state index in [1.807, 2.05) is 6.92 Å². The lowest BCUT2D eigenvalue weighted by molar-refractivity contribution is -0.274. The summed E-state index contributed by atoms with van der Waals surface area (Å²) in [5.74, 6) is -0.829. The molecule has 1 aromatic rings. The Labute approximate surface area is 127 Å². The fourth-order valence-corrected chi connectivity index (χ4v) is 2.41. The van der Waals surface area contributed by atoms with E-state index >= 15 is 0 Å². The molecule has 0 aliphatic heterocycles. The minimum absolute atomic E-state index is 0.121. The quantitative estimate of drug-likeness (QED) is 0.760. The highest BCUT2D eigenvalue weighted by molar-refractivity contribution is 5.83. The average Bonchev–Trinajstić information content (AvgIpc) is 3.22. The van der Waals surface area contributed by atoms with Crippen LogP contribution in [0.4, 0.5) is 13.2 Å². The Morgan fingerprint density at radius 3 is 2.73 bits per heavy atom. The van der Waals surface area contributed by atoms with Gasteiger partial charge in [0.05, 0.1) is 0 Å². The molecule has 122 valence electrons. The number of rotatable bonds is 7. The van der Waals surface area contributed by atoms with Crippen molar-refractivity contribution in [3.05, 3.63) is 29.8 Å². The van der Waals surface area contributed by atoms with Crippen molar-refractivity contribution in [1.29, 1.82) is 0 Å². The van der Waals surface area contributed by atoms with Crippen molar-refractivity contribution < 1.29 is 22.7 Å².